The Morgan fingerprint density at radius 2 is 2.22 bits per heavy atom. The standard InChI is InChI=1S/C14H19N3O/c1-11-7-14(9-16-13(15)18-14)10-17(11)8-12-5-3-2-4-6-12/h2-6,11H,7-10H2,1H3,(H2,15,16). The zero-order chi connectivity index (χ0) is 12.6. The summed E-state index contributed by atoms with van der Waals surface area (Å²) in [4.78, 5) is 6.64. The summed E-state index contributed by atoms with van der Waals surface area (Å²) >= 11 is 0. The number of likely N-dealkylation sites (tertiary alicyclic amines) is 1. The molecule has 1 saturated heterocycles. The number of hydrogen-bond acceptors (Lipinski definition) is 4. The van der Waals surface area contributed by atoms with Crippen LogP contribution in [0.15, 0.2) is 35.3 Å². The first-order chi connectivity index (χ1) is 8.67. The third-order valence-electron chi connectivity index (χ3n) is 3.85. The Bertz CT molecular complexity index is 459. The summed E-state index contributed by atoms with van der Waals surface area (Å²) in [5.41, 5.74) is 6.81. The van der Waals surface area contributed by atoms with Crippen LogP contribution < -0.4 is 5.73 Å². The van der Waals surface area contributed by atoms with Gasteiger partial charge in [-0.3, -0.25) is 4.90 Å². The molecular formula is C14H19N3O. The van der Waals surface area contributed by atoms with E-state index in [1.54, 1.807) is 0 Å². The zero-order valence-corrected chi connectivity index (χ0v) is 10.7. The first-order valence-corrected chi connectivity index (χ1v) is 6.44. The Morgan fingerprint density at radius 1 is 1.44 bits per heavy atom. The maximum atomic E-state index is 5.73. The smallest absolute Gasteiger partial charge is 0.282 e. The molecule has 0 saturated carbocycles. The second-order valence-electron chi connectivity index (χ2n) is 5.38. The highest BCUT2D eigenvalue weighted by atomic mass is 16.5. The van der Waals surface area contributed by atoms with Crippen LogP contribution in [0.25, 0.3) is 0 Å². The summed E-state index contributed by atoms with van der Waals surface area (Å²) in [6.07, 6.45) is 1.00. The molecule has 1 spiro atoms. The van der Waals surface area contributed by atoms with Crippen LogP contribution in [0.2, 0.25) is 0 Å². The van der Waals surface area contributed by atoms with Crippen molar-refractivity contribution in [2.24, 2.45) is 10.7 Å². The van der Waals surface area contributed by atoms with Crippen molar-refractivity contribution in [3.63, 3.8) is 0 Å². The number of ether oxygens (including phenoxy) is 1. The van der Waals surface area contributed by atoms with Crippen LogP contribution in [0.1, 0.15) is 18.9 Å². The van der Waals surface area contributed by atoms with Crippen molar-refractivity contribution in [1.29, 1.82) is 0 Å². The molecule has 2 heterocycles. The van der Waals surface area contributed by atoms with Crippen LogP contribution >= 0.6 is 0 Å². The maximum absolute atomic E-state index is 5.73. The first kappa shape index (κ1) is 11.5. The van der Waals surface area contributed by atoms with Crippen molar-refractivity contribution < 1.29 is 4.74 Å². The van der Waals surface area contributed by atoms with Gasteiger partial charge in [0, 0.05) is 25.6 Å². The minimum atomic E-state index is -0.168. The fraction of sp³-hybridized carbons (Fsp3) is 0.500. The summed E-state index contributed by atoms with van der Waals surface area (Å²) in [6, 6.07) is 11.4. The van der Waals surface area contributed by atoms with Crippen LogP contribution in [0.4, 0.5) is 0 Å². The lowest BCUT2D eigenvalue weighted by atomic mass is 10.0. The summed E-state index contributed by atoms with van der Waals surface area (Å²) in [5.74, 6) is 0. The Hall–Kier alpha value is -1.55. The fourth-order valence-electron chi connectivity index (χ4n) is 2.98. The van der Waals surface area contributed by atoms with Crippen molar-refractivity contribution in [2.75, 3.05) is 13.1 Å². The molecule has 0 radical (unpaired) electrons. The van der Waals surface area contributed by atoms with E-state index < -0.39 is 0 Å². The number of hydrogen-bond donors (Lipinski definition) is 1. The van der Waals surface area contributed by atoms with Crippen LogP contribution in [0, 0.1) is 0 Å². The summed E-state index contributed by atoms with van der Waals surface area (Å²) in [7, 11) is 0. The van der Waals surface area contributed by atoms with Gasteiger partial charge in [0.05, 0.1) is 6.54 Å². The Labute approximate surface area is 107 Å². The minimum absolute atomic E-state index is 0.168. The molecule has 1 aromatic rings. The number of rotatable bonds is 2. The molecule has 4 heteroatoms. The van der Waals surface area contributed by atoms with E-state index >= 15 is 0 Å². The molecule has 3 rings (SSSR count). The van der Waals surface area contributed by atoms with E-state index in [4.69, 9.17) is 10.5 Å². The van der Waals surface area contributed by atoms with Crippen molar-refractivity contribution in [3.05, 3.63) is 35.9 Å². The molecule has 0 bridgehead atoms. The number of nitrogens with zero attached hydrogens (tertiary/aromatic N) is 2. The first-order valence-electron chi connectivity index (χ1n) is 6.44. The van der Waals surface area contributed by atoms with E-state index in [0.717, 1.165) is 19.5 Å². The van der Waals surface area contributed by atoms with Gasteiger partial charge in [-0.05, 0) is 12.5 Å². The molecule has 96 valence electrons. The zero-order valence-electron chi connectivity index (χ0n) is 10.7. The fourth-order valence-corrected chi connectivity index (χ4v) is 2.98. The van der Waals surface area contributed by atoms with Crippen molar-refractivity contribution in [2.45, 2.75) is 31.5 Å². The average molecular weight is 245 g/mol. The van der Waals surface area contributed by atoms with Gasteiger partial charge in [-0.1, -0.05) is 30.3 Å². The van der Waals surface area contributed by atoms with Gasteiger partial charge in [-0.15, -0.1) is 0 Å². The minimum Gasteiger partial charge on any atom is -0.455 e. The highest BCUT2D eigenvalue weighted by Crippen LogP contribution is 2.34. The van der Waals surface area contributed by atoms with Crippen LogP contribution in [0.3, 0.4) is 0 Å². The molecule has 2 atom stereocenters. The van der Waals surface area contributed by atoms with E-state index in [9.17, 15) is 0 Å². The van der Waals surface area contributed by atoms with Gasteiger partial charge in [0.15, 0.2) is 0 Å². The van der Waals surface area contributed by atoms with E-state index in [-0.39, 0.29) is 5.60 Å². The molecule has 4 nitrogen and oxygen atoms in total. The predicted molar refractivity (Wildman–Crippen MR) is 71.2 cm³/mol. The molecular weight excluding hydrogens is 226 g/mol. The average Bonchev–Trinajstić information content (AvgIpc) is 2.85. The molecule has 1 fully saturated rings. The Kier molecular flexibility index (Phi) is 2.74. The molecule has 2 N–H and O–H groups in total. The van der Waals surface area contributed by atoms with Crippen LogP contribution in [-0.2, 0) is 11.3 Å². The van der Waals surface area contributed by atoms with Gasteiger partial charge < -0.3 is 10.5 Å². The summed E-state index contributed by atoms with van der Waals surface area (Å²) in [5, 5.41) is 0. The SMILES string of the molecule is CC1CC2(CN=C(N)O2)CN1Cc1ccccc1. The number of nitrogens with two attached hydrogens (primary N) is 1. The van der Waals surface area contributed by atoms with Gasteiger partial charge in [0.2, 0.25) is 0 Å². The number of aliphatic imine (C=N–C) groups is 1. The van der Waals surface area contributed by atoms with E-state index in [1.165, 1.54) is 5.56 Å². The Balaban J connectivity index is 1.68. The van der Waals surface area contributed by atoms with Crippen LogP contribution in [0.5, 0.6) is 0 Å². The Morgan fingerprint density at radius 3 is 2.89 bits per heavy atom. The number of benzene rings is 1. The van der Waals surface area contributed by atoms with E-state index in [0.29, 0.717) is 18.6 Å². The van der Waals surface area contributed by atoms with Gasteiger partial charge in [-0.25, -0.2) is 4.99 Å². The monoisotopic (exact) mass is 245 g/mol. The second-order valence-corrected chi connectivity index (χ2v) is 5.38. The molecule has 1 aromatic carbocycles. The lowest BCUT2D eigenvalue weighted by molar-refractivity contribution is 0.0921. The molecule has 2 aliphatic rings. The number of amidine groups is 1. The molecule has 0 aromatic heterocycles. The normalized spacial score (nSPS) is 31.6. The third kappa shape index (κ3) is 2.08. The molecule has 2 aliphatic heterocycles. The molecule has 0 aliphatic carbocycles. The van der Waals surface area contributed by atoms with E-state index in [1.807, 2.05) is 6.07 Å². The topological polar surface area (TPSA) is 50.9 Å². The van der Waals surface area contributed by atoms with Crippen LogP contribution in [-0.4, -0.2) is 35.7 Å². The maximum Gasteiger partial charge on any atom is 0.282 e. The summed E-state index contributed by atoms with van der Waals surface area (Å²) in [6.45, 7) is 4.82. The van der Waals surface area contributed by atoms with Gasteiger partial charge >= 0.3 is 0 Å². The summed E-state index contributed by atoms with van der Waals surface area (Å²) < 4.78 is 5.73. The third-order valence-corrected chi connectivity index (χ3v) is 3.85. The lowest BCUT2D eigenvalue weighted by Gasteiger charge is -2.23. The predicted octanol–water partition coefficient (Wildman–Crippen LogP) is 1.36. The quantitative estimate of drug-likeness (QED) is 0.856. The largest absolute Gasteiger partial charge is 0.455 e. The molecule has 18 heavy (non-hydrogen) atoms. The lowest BCUT2D eigenvalue weighted by Crippen LogP contribution is -2.38. The van der Waals surface area contributed by atoms with Crippen molar-refractivity contribution in [3.8, 4) is 0 Å². The molecule has 0 amide bonds. The van der Waals surface area contributed by atoms with Gasteiger partial charge in [0.1, 0.15) is 5.60 Å². The highest BCUT2D eigenvalue weighted by Gasteiger charge is 2.47. The second kappa shape index (κ2) is 4.28. The van der Waals surface area contributed by atoms with Crippen molar-refractivity contribution >= 4 is 6.02 Å². The van der Waals surface area contributed by atoms with Gasteiger partial charge in [0.25, 0.3) is 6.02 Å². The van der Waals surface area contributed by atoms with E-state index in [2.05, 4.69) is 41.1 Å². The molecule has 2 unspecified atom stereocenters. The van der Waals surface area contributed by atoms with Crippen molar-refractivity contribution in [1.82, 2.24) is 4.90 Å². The van der Waals surface area contributed by atoms with Gasteiger partial charge in [-0.2, -0.15) is 0 Å². The highest BCUT2D eigenvalue weighted by molar-refractivity contribution is 5.73.